The average Bonchev–Trinajstić information content (AvgIpc) is 2.95. The van der Waals surface area contributed by atoms with Crippen LogP contribution in [0.25, 0.3) is 11.0 Å². The molecule has 1 saturated heterocycles. The van der Waals surface area contributed by atoms with E-state index in [9.17, 15) is 4.79 Å². The van der Waals surface area contributed by atoms with Gasteiger partial charge in [-0.05, 0) is 12.1 Å². The van der Waals surface area contributed by atoms with Crippen molar-refractivity contribution in [3.8, 4) is 0 Å². The Morgan fingerprint density at radius 2 is 2.12 bits per heavy atom. The zero-order valence-electron chi connectivity index (χ0n) is 13.8. The number of rotatable bonds is 3. The van der Waals surface area contributed by atoms with Crippen molar-refractivity contribution in [3.05, 3.63) is 40.1 Å². The number of hydrogen-bond acceptors (Lipinski definition) is 6. The molecule has 3 aromatic rings. The van der Waals surface area contributed by atoms with Crippen LogP contribution in [0.1, 0.15) is 10.4 Å². The third-order valence-corrected chi connectivity index (χ3v) is 4.91. The molecule has 1 aliphatic rings. The molecule has 26 heavy (non-hydrogen) atoms. The Hall–Kier alpha value is -2.58. The van der Waals surface area contributed by atoms with Gasteiger partial charge in [0.1, 0.15) is 16.2 Å². The summed E-state index contributed by atoms with van der Waals surface area (Å²) in [5.41, 5.74) is 9.02. The van der Waals surface area contributed by atoms with Crippen molar-refractivity contribution in [3.63, 3.8) is 0 Å². The summed E-state index contributed by atoms with van der Waals surface area (Å²) >= 11 is 12.1. The number of pyridine rings is 1. The zero-order valence-corrected chi connectivity index (χ0v) is 15.3. The standard InChI is InChI=1S/C16H15Cl2N7O/c1-24-15-11(22-23-24)3-2-9(14(15)19)16(26)21-8-6-25(7-8)12-4-13(18)20-5-10(12)17/h2-5,8H,6-7,19H2,1H3,(H,21,26). The first-order chi connectivity index (χ1) is 12.4. The van der Waals surface area contributed by atoms with E-state index in [0.717, 1.165) is 5.69 Å². The minimum Gasteiger partial charge on any atom is -0.396 e. The maximum atomic E-state index is 12.6. The SMILES string of the molecule is Cn1nnc2ccc(C(=O)NC3CN(c4cc(Cl)ncc4Cl)C3)c(N)c21. The third-order valence-electron chi connectivity index (χ3n) is 4.41. The molecule has 1 aliphatic heterocycles. The second kappa shape index (κ2) is 6.30. The maximum Gasteiger partial charge on any atom is 0.253 e. The zero-order chi connectivity index (χ0) is 18.4. The summed E-state index contributed by atoms with van der Waals surface area (Å²) in [5, 5.41) is 11.8. The lowest BCUT2D eigenvalue weighted by atomic mass is 10.1. The van der Waals surface area contributed by atoms with E-state index in [1.165, 1.54) is 6.20 Å². The number of carbonyl (C=O) groups excluding carboxylic acids is 1. The summed E-state index contributed by atoms with van der Waals surface area (Å²) in [6.07, 6.45) is 1.52. The van der Waals surface area contributed by atoms with E-state index in [4.69, 9.17) is 28.9 Å². The molecular formula is C16H15Cl2N7O. The van der Waals surface area contributed by atoms with Crippen LogP contribution in [0.4, 0.5) is 11.4 Å². The molecule has 1 amide bonds. The Balaban J connectivity index is 1.46. The lowest BCUT2D eigenvalue weighted by molar-refractivity contribution is 0.0931. The van der Waals surface area contributed by atoms with Crippen LogP contribution in [0.3, 0.4) is 0 Å². The molecule has 0 saturated carbocycles. The predicted octanol–water partition coefficient (Wildman–Crippen LogP) is 1.87. The summed E-state index contributed by atoms with van der Waals surface area (Å²) in [7, 11) is 1.74. The fourth-order valence-electron chi connectivity index (χ4n) is 3.05. The number of carbonyl (C=O) groups is 1. The van der Waals surface area contributed by atoms with E-state index >= 15 is 0 Å². The van der Waals surface area contributed by atoms with Gasteiger partial charge in [-0.2, -0.15) is 0 Å². The highest BCUT2D eigenvalue weighted by Crippen LogP contribution is 2.31. The van der Waals surface area contributed by atoms with Crippen molar-refractivity contribution >= 4 is 51.5 Å². The van der Waals surface area contributed by atoms with Crippen molar-refractivity contribution in [2.75, 3.05) is 23.7 Å². The topological polar surface area (TPSA) is 102 Å². The molecule has 3 N–H and O–H groups in total. The van der Waals surface area contributed by atoms with Crippen LogP contribution in [-0.4, -0.2) is 45.0 Å². The van der Waals surface area contributed by atoms with Gasteiger partial charge in [0, 0.05) is 32.4 Å². The number of nitrogens with two attached hydrogens (primary N) is 1. The van der Waals surface area contributed by atoms with Gasteiger partial charge >= 0.3 is 0 Å². The predicted molar refractivity (Wildman–Crippen MR) is 101 cm³/mol. The van der Waals surface area contributed by atoms with Gasteiger partial charge in [0.25, 0.3) is 5.91 Å². The van der Waals surface area contributed by atoms with Crippen LogP contribution in [0, 0.1) is 0 Å². The fraction of sp³-hybridized carbons (Fsp3) is 0.250. The van der Waals surface area contributed by atoms with Gasteiger partial charge in [-0.1, -0.05) is 28.4 Å². The summed E-state index contributed by atoms with van der Waals surface area (Å²) in [6.45, 7) is 1.25. The molecule has 0 atom stereocenters. The van der Waals surface area contributed by atoms with Crippen LogP contribution in [0.2, 0.25) is 10.2 Å². The van der Waals surface area contributed by atoms with Gasteiger partial charge in [-0.3, -0.25) is 4.79 Å². The molecule has 4 rings (SSSR count). The first kappa shape index (κ1) is 16.9. The number of nitrogens with zero attached hydrogens (tertiary/aromatic N) is 5. The Morgan fingerprint density at radius 1 is 1.35 bits per heavy atom. The number of nitrogens with one attached hydrogen (secondary N) is 1. The highest BCUT2D eigenvalue weighted by Gasteiger charge is 2.30. The van der Waals surface area contributed by atoms with Crippen LogP contribution in [0.5, 0.6) is 0 Å². The highest BCUT2D eigenvalue weighted by molar-refractivity contribution is 6.34. The van der Waals surface area contributed by atoms with Gasteiger partial charge in [0.15, 0.2) is 0 Å². The van der Waals surface area contributed by atoms with Crippen molar-refractivity contribution in [2.24, 2.45) is 7.05 Å². The molecule has 10 heteroatoms. The van der Waals surface area contributed by atoms with E-state index in [1.807, 2.05) is 4.90 Å². The van der Waals surface area contributed by atoms with Gasteiger partial charge in [0.2, 0.25) is 0 Å². The van der Waals surface area contributed by atoms with E-state index in [0.29, 0.717) is 45.5 Å². The van der Waals surface area contributed by atoms with E-state index < -0.39 is 0 Å². The van der Waals surface area contributed by atoms with Gasteiger partial charge in [0.05, 0.1) is 28.0 Å². The largest absolute Gasteiger partial charge is 0.396 e. The molecular weight excluding hydrogens is 377 g/mol. The highest BCUT2D eigenvalue weighted by atomic mass is 35.5. The first-order valence-electron chi connectivity index (χ1n) is 7.88. The van der Waals surface area contributed by atoms with E-state index in [2.05, 4.69) is 20.6 Å². The van der Waals surface area contributed by atoms with Crippen LogP contribution in [-0.2, 0) is 7.05 Å². The Labute approximate surface area is 158 Å². The fourth-order valence-corrected chi connectivity index (χ4v) is 3.43. The molecule has 0 radical (unpaired) electrons. The molecule has 1 aromatic carbocycles. The van der Waals surface area contributed by atoms with E-state index in [1.54, 1.807) is 29.9 Å². The summed E-state index contributed by atoms with van der Waals surface area (Å²) in [5.74, 6) is -0.228. The minimum atomic E-state index is -0.228. The maximum absolute atomic E-state index is 12.6. The molecule has 1 fully saturated rings. The van der Waals surface area contributed by atoms with Gasteiger partial charge in [-0.15, -0.1) is 5.10 Å². The molecule has 0 spiro atoms. The molecule has 2 aromatic heterocycles. The average molecular weight is 392 g/mol. The molecule has 0 bridgehead atoms. The van der Waals surface area contributed by atoms with Crippen LogP contribution in [0.15, 0.2) is 24.4 Å². The second-order valence-electron chi connectivity index (χ2n) is 6.14. The number of aryl methyl sites for hydroxylation is 1. The number of halogens is 2. The monoisotopic (exact) mass is 391 g/mol. The molecule has 8 nitrogen and oxygen atoms in total. The van der Waals surface area contributed by atoms with Crippen LogP contribution < -0.4 is 16.0 Å². The number of aromatic nitrogens is 4. The molecule has 0 unspecified atom stereocenters. The lowest BCUT2D eigenvalue weighted by Crippen LogP contribution is -2.59. The number of anilines is 2. The summed E-state index contributed by atoms with van der Waals surface area (Å²) in [6, 6.07) is 5.10. The Morgan fingerprint density at radius 3 is 2.88 bits per heavy atom. The van der Waals surface area contributed by atoms with Gasteiger partial charge in [-0.25, -0.2) is 9.67 Å². The number of nitrogen functional groups attached to an aromatic ring is 1. The molecule has 3 heterocycles. The number of benzene rings is 1. The summed E-state index contributed by atoms with van der Waals surface area (Å²) in [4.78, 5) is 18.6. The number of hydrogen-bond donors (Lipinski definition) is 2. The Kier molecular flexibility index (Phi) is 4.08. The first-order valence-corrected chi connectivity index (χ1v) is 8.64. The van der Waals surface area contributed by atoms with Crippen molar-refractivity contribution < 1.29 is 4.79 Å². The Bertz CT molecular complexity index is 1010. The molecule has 134 valence electrons. The van der Waals surface area contributed by atoms with E-state index in [-0.39, 0.29) is 11.9 Å². The summed E-state index contributed by atoms with van der Waals surface area (Å²) < 4.78 is 1.56. The van der Waals surface area contributed by atoms with Crippen molar-refractivity contribution in [2.45, 2.75) is 6.04 Å². The van der Waals surface area contributed by atoms with Crippen molar-refractivity contribution in [1.29, 1.82) is 0 Å². The smallest absolute Gasteiger partial charge is 0.253 e. The second-order valence-corrected chi connectivity index (χ2v) is 6.94. The molecule has 0 aliphatic carbocycles. The minimum absolute atomic E-state index is 0.00901. The van der Waals surface area contributed by atoms with Crippen LogP contribution >= 0.6 is 23.2 Å². The number of amides is 1. The van der Waals surface area contributed by atoms with Crippen molar-refractivity contribution in [1.82, 2.24) is 25.3 Å². The lowest BCUT2D eigenvalue weighted by Gasteiger charge is -2.41. The normalized spacial score (nSPS) is 14.5. The van der Waals surface area contributed by atoms with Gasteiger partial charge < -0.3 is 16.0 Å². The number of fused-ring (bicyclic) bond motifs is 1. The quantitative estimate of drug-likeness (QED) is 0.521. The third kappa shape index (κ3) is 2.81.